The summed E-state index contributed by atoms with van der Waals surface area (Å²) in [5.74, 6) is 1.84. The molecule has 0 bridgehead atoms. The normalized spacial score (nSPS) is 13.9. The largest absolute Gasteiger partial charge is 0.455 e. The minimum absolute atomic E-state index is 0.918. The van der Waals surface area contributed by atoms with Gasteiger partial charge in [0.15, 0.2) is 8.07 Å². The maximum atomic E-state index is 6.48. The van der Waals surface area contributed by atoms with Crippen molar-refractivity contribution in [3.05, 3.63) is 106 Å². The fourth-order valence-corrected chi connectivity index (χ4v) is 10.5. The van der Waals surface area contributed by atoms with Crippen LogP contribution in [0.3, 0.4) is 0 Å². The van der Waals surface area contributed by atoms with E-state index in [1.807, 2.05) is 0 Å². The average molecular weight is 508 g/mol. The molecule has 1 nitrogen and oxygen atoms in total. The minimum Gasteiger partial charge on any atom is -0.455 e. The molecule has 4 aromatic rings. The summed E-state index contributed by atoms with van der Waals surface area (Å²) >= 11 is 7.47. The Labute approximate surface area is 182 Å². The smallest absolute Gasteiger partial charge is 0.188 e. The van der Waals surface area contributed by atoms with Crippen molar-refractivity contribution in [1.82, 2.24) is 0 Å². The van der Waals surface area contributed by atoms with Crippen LogP contribution in [0, 0.1) is 0 Å². The molecular weight excluding hydrogens is 492 g/mol. The van der Waals surface area contributed by atoms with Crippen molar-refractivity contribution in [1.29, 1.82) is 0 Å². The van der Waals surface area contributed by atoms with Gasteiger partial charge in [-0.05, 0) is 64.7 Å². The van der Waals surface area contributed by atoms with Crippen LogP contribution in [0.5, 0.6) is 11.5 Å². The zero-order chi connectivity index (χ0) is 19.1. The van der Waals surface area contributed by atoms with Crippen molar-refractivity contribution in [2.45, 2.75) is 0 Å². The second-order valence-electron chi connectivity index (χ2n) is 6.82. The third kappa shape index (κ3) is 2.55. The number of fused-ring (bicyclic) bond motifs is 2. The molecule has 1 aliphatic heterocycles. The number of hydrogen-bond acceptors (Lipinski definition) is 1. The fraction of sp³-hybridized carbons (Fsp3) is 0. The van der Waals surface area contributed by atoms with Crippen LogP contribution < -0.4 is 25.5 Å². The highest BCUT2D eigenvalue weighted by atomic mass is 79.9. The highest BCUT2D eigenvalue weighted by Gasteiger charge is 2.48. The molecule has 136 valence electrons. The molecule has 4 aromatic carbocycles. The topological polar surface area (TPSA) is 9.23 Å². The molecule has 0 aromatic heterocycles. The van der Waals surface area contributed by atoms with Crippen molar-refractivity contribution in [2.75, 3.05) is 0 Å². The fourth-order valence-electron chi connectivity index (χ4n) is 4.23. The standard InChI is InChI=1S/C24H16Br2OSi/c25-19-13-7-15-21-23(19)27-24-20(26)14-8-16-22(24)28(21,17-9-3-1-4-10-17)18-11-5-2-6-12-18/h1-16H. The van der Waals surface area contributed by atoms with E-state index in [1.54, 1.807) is 0 Å². The summed E-state index contributed by atoms with van der Waals surface area (Å²) in [4.78, 5) is 0. The summed E-state index contributed by atoms with van der Waals surface area (Å²) in [6.07, 6.45) is 0. The molecule has 0 saturated carbocycles. The molecule has 0 aliphatic carbocycles. The Morgan fingerprint density at radius 2 is 0.929 bits per heavy atom. The molecular formula is C24H16Br2OSi. The first kappa shape index (κ1) is 17.9. The van der Waals surface area contributed by atoms with E-state index in [1.165, 1.54) is 20.7 Å². The van der Waals surface area contributed by atoms with Gasteiger partial charge < -0.3 is 4.74 Å². The zero-order valence-corrected chi connectivity index (χ0v) is 19.1. The van der Waals surface area contributed by atoms with Gasteiger partial charge in [-0.15, -0.1) is 0 Å². The van der Waals surface area contributed by atoms with Gasteiger partial charge in [0, 0.05) is 0 Å². The average Bonchev–Trinajstić information content (AvgIpc) is 2.75. The minimum atomic E-state index is -2.52. The molecule has 28 heavy (non-hydrogen) atoms. The summed E-state index contributed by atoms with van der Waals surface area (Å²) in [5.41, 5.74) is 0. The highest BCUT2D eigenvalue weighted by molar-refractivity contribution is 9.11. The summed E-state index contributed by atoms with van der Waals surface area (Å²) in [7, 11) is -2.52. The van der Waals surface area contributed by atoms with Crippen LogP contribution >= 0.6 is 31.9 Å². The Balaban J connectivity index is 2.00. The molecule has 4 heteroatoms. The van der Waals surface area contributed by atoms with Gasteiger partial charge in [0.05, 0.1) is 8.95 Å². The van der Waals surface area contributed by atoms with Crippen LogP contribution in [0.2, 0.25) is 0 Å². The molecule has 0 unspecified atom stereocenters. The molecule has 0 saturated heterocycles. The first-order valence-electron chi connectivity index (χ1n) is 9.10. The van der Waals surface area contributed by atoms with Crippen molar-refractivity contribution < 1.29 is 4.74 Å². The van der Waals surface area contributed by atoms with Gasteiger partial charge in [0.25, 0.3) is 0 Å². The molecule has 1 heterocycles. The van der Waals surface area contributed by atoms with E-state index in [9.17, 15) is 0 Å². The van der Waals surface area contributed by atoms with E-state index < -0.39 is 8.07 Å². The zero-order valence-electron chi connectivity index (χ0n) is 14.9. The summed E-state index contributed by atoms with van der Waals surface area (Å²) in [6.45, 7) is 0. The van der Waals surface area contributed by atoms with E-state index in [0.29, 0.717) is 0 Å². The monoisotopic (exact) mass is 506 g/mol. The lowest BCUT2D eigenvalue weighted by molar-refractivity contribution is 0.481. The predicted molar refractivity (Wildman–Crippen MR) is 126 cm³/mol. The van der Waals surface area contributed by atoms with Crippen LogP contribution in [-0.2, 0) is 0 Å². The van der Waals surface area contributed by atoms with Crippen molar-refractivity contribution in [3.8, 4) is 11.5 Å². The van der Waals surface area contributed by atoms with Gasteiger partial charge in [-0.1, -0.05) is 84.9 Å². The third-order valence-corrected chi connectivity index (χ3v) is 11.4. The quantitative estimate of drug-likeness (QED) is 0.315. The van der Waals surface area contributed by atoms with Gasteiger partial charge in [0.2, 0.25) is 0 Å². The molecule has 0 amide bonds. The summed E-state index contributed by atoms with van der Waals surface area (Å²) in [5, 5.41) is 5.24. The molecule has 0 N–H and O–H groups in total. The lowest BCUT2D eigenvalue weighted by atomic mass is 10.3. The Bertz CT molecular complexity index is 1070. The Kier molecular flexibility index (Phi) is 4.50. The molecule has 5 rings (SSSR count). The van der Waals surface area contributed by atoms with Crippen molar-refractivity contribution in [2.24, 2.45) is 0 Å². The van der Waals surface area contributed by atoms with E-state index in [0.717, 1.165) is 20.4 Å². The third-order valence-electron chi connectivity index (χ3n) is 5.36. The Hall–Kier alpha value is -2.14. The van der Waals surface area contributed by atoms with Crippen molar-refractivity contribution >= 4 is 60.7 Å². The Morgan fingerprint density at radius 3 is 1.36 bits per heavy atom. The first-order chi connectivity index (χ1) is 13.7. The number of halogens is 2. The van der Waals surface area contributed by atoms with E-state index in [2.05, 4.69) is 129 Å². The second-order valence-corrected chi connectivity index (χ2v) is 12.3. The number of ether oxygens (including phenoxy) is 1. The number of para-hydroxylation sites is 2. The summed E-state index contributed by atoms with van der Waals surface area (Å²) < 4.78 is 8.44. The van der Waals surface area contributed by atoms with E-state index in [-0.39, 0.29) is 0 Å². The first-order valence-corrected chi connectivity index (χ1v) is 12.7. The molecule has 1 aliphatic rings. The lowest BCUT2D eigenvalue weighted by Gasteiger charge is -2.40. The van der Waals surface area contributed by atoms with Crippen LogP contribution in [0.4, 0.5) is 0 Å². The SMILES string of the molecule is Brc1cccc2c1Oc1c(Br)cccc1[Si]2(c1ccccc1)c1ccccc1. The van der Waals surface area contributed by atoms with Crippen LogP contribution in [-0.4, -0.2) is 8.07 Å². The summed E-state index contributed by atoms with van der Waals surface area (Å²) in [6, 6.07) is 34.6. The van der Waals surface area contributed by atoms with Crippen LogP contribution in [0.25, 0.3) is 0 Å². The van der Waals surface area contributed by atoms with Gasteiger partial charge in [0.1, 0.15) is 11.5 Å². The van der Waals surface area contributed by atoms with E-state index >= 15 is 0 Å². The molecule has 0 fully saturated rings. The van der Waals surface area contributed by atoms with Gasteiger partial charge in [-0.25, -0.2) is 0 Å². The van der Waals surface area contributed by atoms with E-state index in [4.69, 9.17) is 4.74 Å². The number of rotatable bonds is 2. The van der Waals surface area contributed by atoms with Gasteiger partial charge >= 0.3 is 0 Å². The van der Waals surface area contributed by atoms with Crippen LogP contribution in [0.1, 0.15) is 0 Å². The second kappa shape index (κ2) is 7.03. The maximum Gasteiger partial charge on any atom is 0.188 e. The molecule has 0 radical (unpaired) electrons. The number of hydrogen-bond donors (Lipinski definition) is 0. The molecule has 0 atom stereocenters. The maximum absolute atomic E-state index is 6.48. The van der Waals surface area contributed by atoms with Gasteiger partial charge in [-0.3, -0.25) is 0 Å². The highest BCUT2D eigenvalue weighted by Crippen LogP contribution is 2.37. The molecule has 0 spiro atoms. The Morgan fingerprint density at radius 1 is 0.500 bits per heavy atom. The predicted octanol–water partition coefficient (Wildman–Crippen LogP) is 4.69. The lowest BCUT2D eigenvalue weighted by Crippen LogP contribution is -2.76. The van der Waals surface area contributed by atoms with Gasteiger partial charge in [-0.2, -0.15) is 0 Å². The van der Waals surface area contributed by atoms with Crippen LogP contribution in [0.15, 0.2) is 106 Å². The number of benzene rings is 4. The van der Waals surface area contributed by atoms with Crippen molar-refractivity contribution in [3.63, 3.8) is 0 Å².